The van der Waals surface area contributed by atoms with Gasteiger partial charge in [-0.05, 0) is 41.6 Å². The van der Waals surface area contributed by atoms with Gasteiger partial charge < -0.3 is 5.32 Å². The molecular formula is C19H20N2. The van der Waals surface area contributed by atoms with E-state index in [4.69, 9.17) is 0 Å². The van der Waals surface area contributed by atoms with Gasteiger partial charge in [-0.3, -0.25) is 4.98 Å². The van der Waals surface area contributed by atoms with E-state index in [0.29, 0.717) is 0 Å². The quantitative estimate of drug-likeness (QED) is 0.776. The zero-order valence-corrected chi connectivity index (χ0v) is 12.5. The minimum absolute atomic E-state index is 0.201. The van der Waals surface area contributed by atoms with Crippen molar-refractivity contribution in [3.05, 3.63) is 77.6 Å². The number of nitrogens with zero attached hydrogens (tertiary/aromatic N) is 1. The van der Waals surface area contributed by atoms with Gasteiger partial charge in [-0.15, -0.1) is 0 Å². The summed E-state index contributed by atoms with van der Waals surface area (Å²) in [7, 11) is 2.02. The molecule has 0 fully saturated rings. The predicted molar refractivity (Wildman–Crippen MR) is 88.5 cm³/mol. The molecule has 0 saturated heterocycles. The fourth-order valence-corrected chi connectivity index (χ4v) is 3.02. The van der Waals surface area contributed by atoms with E-state index >= 15 is 0 Å². The first kappa shape index (κ1) is 13.8. The van der Waals surface area contributed by atoms with Crippen molar-refractivity contribution in [2.75, 3.05) is 7.05 Å². The van der Waals surface area contributed by atoms with Gasteiger partial charge in [-0.2, -0.15) is 0 Å². The molecular weight excluding hydrogens is 256 g/mol. The second-order valence-corrected chi connectivity index (χ2v) is 5.22. The SMILES string of the molecule is CCc1ccccc1C(NC)c1cccc2cnccc12. The molecule has 0 spiro atoms. The summed E-state index contributed by atoms with van der Waals surface area (Å²) in [6, 6.07) is 17.4. The number of fused-ring (bicyclic) bond motifs is 1. The number of aryl methyl sites for hydroxylation is 1. The topological polar surface area (TPSA) is 24.9 Å². The highest BCUT2D eigenvalue weighted by Crippen LogP contribution is 2.30. The van der Waals surface area contributed by atoms with Gasteiger partial charge in [0, 0.05) is 17.8 Å². The van der Waals surface area contributed by atoms with Crippen molar-refractivity contribution in [1.29, 1.82) is 0 Å². The lowest BCUT2D eigenvalue weighted by Crippen LogP contribution is -2.19. The summed E-state index contributed by atoms with van der Waals surface area (Å²) >= 11 is 0. The summed E-state index contributed by atoms with van der Waals surface area (Å²) in [5, 5.41) is 5.93. The molecule has 0 radical (unpaired) electrons. The number of nitrogens with one attached hydrogen (secondary N) is 1. The van der Waals surface area contributed by atoms with E-state index in [1.165, 1.54) is 27.5 Å². The Balaban J connectivity index is 2.19. The number of pyridine rings is 1. The smallest absolute Gasteiger partial charge is 0.0583 e. The Kier molecular flexibility index (Phi) is 3.98. The molecule has 0 saturated carbocycles. The molecule has 0 aliphatic carbocycles. The third-order valence-corrected chi connectivity index (χ3v) is 4.06. The minimum Gasteiger partial charge on any atom is -0.309 e. The highest BCUT2D eigenvalue weighted by molar-refractivity contribution is 5.85. The van der Waals surface area contributed by atoms with Gasteiger partial charge in [-0.25, -0.2) is 0 Å². The van der Waals surface area contributed by atoms with Crippen molar-refractivity contribution in [2.24, 2.45) is 0 Å². The fraction of sp³-hybridized carbons (Fsp3) is 0.211. The van der Waals surface area contributed by atoms with Gasteiger partial charge in [0.25, 0.3) is 0 Å². The second-order valence-electron chi connectivity index (χ2n) is 5.22. The van der Waals surface area contributed by atoms with Crippen LogP contribution < -0.4 is 5.32 Å². The van der Waals surface area contributed by atoms with Crippen molar-refractivity contribution in [1.82, 2.24) is 10.3 Å². The van der Waals surface area contributed by atoms with Crippen LogP contribution in [-0.4, -0.2) is 12.0 Å². The lowest BCUT2D eigenvalue weighted by atomic mass is 9.91. The normalized spacial score (nSPS) is 12.5. The van der Waals surface area contributed by atoms with Crippen molar-refractivity contribution in [2.45, 2.75) is 19.4 Å². The molecule has 106 valence electrons. The molecule has 1 unspecified atom stereocenters. The molecule has 1 heterocycles. The van der Waals surface area contributed by atoms with Crippen LogP contribution >= 0.6 is 0 Å². The van der Waals surface area contributed by atoms with Crippen molar-refractivity contribution in [3.63, 3.8) is 0 Å². The van der Waals surface area contributed by atoms with Crippen LogP contribution in [0, 0.1) is 0 Å². The zero-order valence-electron chi connectivity index (χ0n) is 12.5. The van der Waals surface area contributed by atoms with Gasteiger partial charge in [0.1, 0.15) is 0 Å². The molecule has 0 bridgehead atoms. The van der Waals surface area contributed by atoms with E-state index in [1.54, 1.807) is 0 Å². The molecule has 3 aromatic rings. The fourth-order valence-electron chi connectivity index (χ4n) is 3.02. The van der Waals surface area contributed by atoms with E-state index in [1.807, 2.05) is 19.4 Å². The third kappa shape index (κ3) is 2.55. The molecule has 0 aliphatic heterocycles. The summed E-state index contributed by atoms with van der Waals surface area (Å²) in [4.78, 5) is 4.23. The molecule has 0 amide bonds. The summed E-state index contributed by atoms with van der Waals surface area (Å²) in [6.07, 6.45) is 4.84. The molecule has 0 aliphatic rings. The highest BCUT2D eigenvalue weighted by atomic mass is 14.9. The van der Waals surface area contributed by atoms with Crippen molar-refractivity contribution >= 4 is 10.8 Å². The van der Waals surface area contributed by atoms with E-state index in [0.717, 1.165) is 6.42 Å². The molecule has 1 N–H and O–H groups in total. The lowest BCUT2D eigenvalue weighted by molar-refractivity contribution is 0.689. The number of aromatic nitrogens is 1. The Morgan fingerprint density at radius 1 is 1.00 bits per heavy atom. The van der Waals surface area contributed by atoms with E-state index in [-0.39, 0.29) is 6.04 Å². The Morgan fingerprint density at radius 3 is 2.62 bits per heavy atom. The Hall–Kier alpha value is -2.19. The van der Waals surface area contributed by atoms with Gasteiger partial charge in [-0.1, -0.05) is 49.4 Å². The van der Waals surface area contributed by atoms with Crippen molar-refractivity contribution in [3.8, 4) is 0 Å². The maximum absolute atomic E-state index is 4.23. The summed E-state index contributed by atoms with van der Waals surface area (Å²) < 4.78 is 0. The van der Waals surface area contributed by atoms with Gasteiger partial charge in [0.05, 0.1) is 6.04 Å². The molecule has 21 heavy (non-hydrogen) atoms. The number of hydrogen-bond donors (Lipinski definition) is 1. The summed E-state index contributed by atoms with van der Waals surface area (Å²) in [5.41, 5.74) is 4.05. The Bertz CT molecular complexity index is 744. The molecule has 2 nitrogen and oxygen atoms in total. The average molecular weight is 276 g/mol. The van der Waals surface area contributed by atoms with E-state index < -0.39 is 0 Å². The largest absolute Gasteiger partial charge is 0.309 e. The van der Waals surface area contributed by atoms with Crippen LogP contribution in [0.5, 0.6) is 0 Å². The summed E-state index contributed by atoms with van der Waals surface area (Å²) in [5.74, 6) is 0. The molecule has 2 aromatic carbocycles. The molecule has 1 atom stereocenters. The van der Waals surface area contributed by atoms with E-state index in [9.17, 15) is 0 Å². The maximum Gasteiger partial charge on any atom is 0.0583 e. The van der Waals surface area contributed by atoms with Crippen LogP contribution in [0.4, 0.5) is 0 Å². The first-order valence-electron chi connectivity index (χ1n) is 7.43. The van der Waals surface area contributed by atoms with Gasteiger partial charge in [0.15, 0.2) is 0 Å². The van der Waals surface area contributed by atoms with Gasteiger partial charge in [0.2, 0.25) is 0 Å². The third-order valence-electron chi connectivity index (χ3n) is 4.06. The standard InChI is InChI=1S/C19H20N2/c1-3-14-7-4-5-9-17(14)19(20-2)18-10-6-8-15-13-21-12-11-16(15)18/h4-13,19-20H,3H2,1-2H3. The molecule has 2 heteroatoms. The van der Waals surface area contributed by atoms with Crippen LogP contribution in [0.1, 0.15) is 29.7 Å². The van der Waals surface area contributed by atoms with Crippen LogP contribution in [0.3, 0.4) is 0 Å². The minimum atomic E-state index is 0.201. The highest BCUT2D eigenvalue weighted by Gasteiger charge is 2.16. The maximum atomic E-state index is 4.23. The number of rotatable bonds is 4. The number of hydrogen-bond acceptors (Lipinski definition) is 2. The van der Waals surface area contributed by atoms with Crippen LogP contribution in [0.15, 0.2) is 60.9 Å². The molecule has 3 rings (SSSR count). The first-order chi connectivity index (χ1) is 10.3. The van der Waals surface area contributed by atoms with E-state index in [2.05, 4.69) is 65.8 Å². The Labute approximate surface area is 125 Å². The lowest BCUT2D eigenvalue weighted by Gasteiger charge is -2.21. The summed E-state index contributed by atoms with van der Waals surface area (Å²) in [6.45, 7) is 2.21. The van der Waals surface area contributed by atoms with Crippen LogP contribution in [-0.2, 0) is 6.42 Å². The van der Waals surface area contributed by atoms with Crippen LogP contribution in [0.25, 0.3) is 10.8 Å². The number of benzene rings is 2. The van der Waals surface area contributed by atoms with Crippen molar-refractivity contribution < 1.29 is 0 Å². The Morgan fingerprint density at radius 2 is 1.81 bits per heavy atom. The second kappa shape index (κ2) is 6.06. The van der Waals surface area contributed by atoms with Crippen LogP contribution in [0.2, 0.25) is 0 Å². The predicted octanol–water partition coefficient (Wildman–Crippen LogP) is 4.11. The zero-order chi connectivity index (χ0) is 14.7. The first-order valence-corrected chi connectivity index (χ1v) is 7.43. The monoisotopic (exact) mass is 276 g/mol. The average Bonchev–Trinajstić information content (AvgIpc) is 2.56. The molecule has 1 aromatic heterocycles. The van der Waals surface area contributed by atoms with Gasteiger partial charge >= 0.3 is 0 Å².